The average Bonchev–Trinajstić information content (AvgIpc) is 2.64. The maximum absolute atomic E-state index is 11.4. The summed E-state index contributed by atoms with van der Waals surface area (Å²) in [5, 5.41) is 0. The van der Waals surface area contributed by atoms with Gasteiger partial charge < -0.3 is 9.72 Å². The quantitative estimate of drug-likeness (QED) is 0.805. The molecule has 0 fully saturated rings. The molecule has 78 valence electrons. The van der Waals surface area contributed by atoms with Gasteiger partial charge in [0, 0.05) is 12.4 Å². The van der Waals surface area contributed by atoms with Crippen LogP contribution in [0.4, 0.5) is 0 Å². The van der Waals surface area contributed by atoms with Gasteiger partial charge in [-0.1, -0.05) is 0 Å². The molecule has 0 saturated carbocycles. The molecule has 0 amide bonds. The zero-order valence-corrected chi connectivity index (χ0v) is 8.65. The van der Waals surface area contributed by atoms with Gasteiger partial charge in [0.1, 0.15) is 5.75 Å². The van der Waals surface area contributed by atoms with Gasteiger partial charge in [-0.15, -0.1) is 0 Å². The third-order valence-electron chi connectivity index (χ3n) is 2.31. The smallest absolute Gasteiger partial charge is 0.330 e. The predicted molar refractivity (Wildman–Crippen MR) is 57.7 cm³/mol. The average molecular weight is 204 g/mol. The number of ether oxygens (including phenoxy) is 1. The van der Waals surface area contributed by atoms with Crippen molar-refractivity contribution in [1.82, 2.24) is 9.55 Å². The molecule has 15 heavy (non-hydrogen) atoms. The number of nitrogens with one attached hydrogen (secondary N) is 1. The van der Waals surface area contributed by atoms with Crippen LogP contribution in [0.15, 0.2) is 35.4 Å². The number of benzene rings is 1. The van der Waals surface area contributed by atoms with Crippen LogP contribution in [0.3, 0.4) is 0 Å². The Labute approximate surface area is 87.1 Å². The number of H-pyrrole nitrogens is 1. The molecular weight excluding hydrogens is 192 g/mol. The van der Waals surface area contributed by atoms with E-state index in [1.807, 2.05) is 25.1 Å². The van der Waals surface area contributed by atoms with Gasteiger partial charge >= 0.3 is 5.69 Å². The number of aryl methyl sites for hydroxylation is 1. The minimum atomic E-state index is -0.139. The highest BCUT2D eigenvalue weighted by molar-refractivity contribution is 5.43. The Balaban J connectivity index is 2.52. The van der Waals surface area contributed by atoms with Crippen molar-refractivity contribution in [2.24, 2.45) is 0 Å². The molecule has 0 saturated heterocycles. The number of imidazole rings is 1. The summed E-state index contributed by atoms with van der Waals surface area (Å²) >= 11 is 0. The third kappa shape index (κ3) is 1.66. The molecule has 0 aliphatic heterocycles. The Kier molecular flexibility index (Phi) is 2.33. The summed E-state index contributed by atoms with van der Waals surface area (Å²) in [7, 11) is 1.63. The van der Waals surface area contributed by atoms with Crippen LogP contribution >= 0.6 is 0 Å². The van der Waals surface area contributed by atoms with Gasteiger partial charge in [-0.3, -0.25) is 4.57 Å². The van der Waals surface area contributed by atoms with Crippen LogP contribution in [-0.4, -0.2) is 16.7 Å². The van der Waals surface area contributed by atoms with Gasteiger partial charge in [-0.2, -0.15) is 0 Å². The molecule has 0 atom stereocenters. The van der Waals surface area contributed by atoms with E-state index >= 15 is 0 Å². The Morgan fingerprint density at radius 3 is 2.73 bits per heavy atom. The Bertz CT molecular complexity index is 525. The molecule has 0 aliphatic rings. The number of methoxy groups -OCH3 is 1. The maximum Gasteiger partial charge on any atom is 0.330 e. The molecule has 4 heteroatoms. The number of hydrogen-bond acceptors (Lipinski definition) is 2. The van der Waals surface area contributed by atoms with E-state index in [4.69, 9.17) is 4.74 Å². The topological polar surface area (TPSA) is 47.0 Å². The molecule has 2 aromatic rings. The van der Waals surface area contributed by atoms with Crippen molar-refractivity contribution in [2.45, 2.75) is 6.92 Å². The first kappa shape index (κ1) is 9.58. The minimum absolute atomic E-state index is 0.139. The summed E-state index contributed by atoms with van der Waals surface area (Å²) in [5.74, 6) is 0.822. The van der Waals surface area contributed by atoms with Crippen LogP contribution in [0, 0.1) is 6.92 Å². The van der Waals surface area contributed by atoms with E-state index in [-0.39, 0.29) is 5.69 Å². The molecule has 1 N–H and O–H groups in total. The first-order valence-corrected chi connectivity index (χ1v) is 4.63. The highest BCUT2D eigenvalue weighted by atomic mass is 16.5. The fourth-order valence-corrected chi connectivity index (χ4v) is 1.54. The lowest BCUT2D eigenvalue weighted by atomic mass is 10.2. The molecule has 1 heterocycles. The van der Waals surface area contributed by atoms with E-state index in [1.165, 1.54) is 0 Å². The minimum Gasteiger partial charge on any atom is -0.496 e. The number of hydrogen-bond donors (Lipinski definition) is 1. The summed E-state index contributed by atoms with van der Waals surface area (Å²) < 4.78 is 6.70. The number of rotatable bonds is 2. The lowest BCUT2D eigenvalue weighted by molar-refractivity contribution is 0.411. The molecule has 1 aromatic carbocycles. The van der Waals surface area contributed by atoms with E-state index < -0.39 is 0 Å². The molecule has 0 radical (unpaired) electrons. The van der Waals surface area contributed by atoms with Crippen molar-refractivity contribution in [3.63, 3.8) is 0 Å². The molecule has 0 spiro atoms. The first-order valence-electron chi connectivity index (χ1n) is 4.63. The van der Waals surface area contributed by atoms with Crippen molar-refractivity contribution >= 4 is 0 Å². The molecule has 1 aromatic heterocycles. The predicted octanol–water partition coefficient (Wildman–Crippen LogP) is 1.48. The molecule has 4 nitrogen and oxygen atoms in total. The second kappa shape index (κ2) is 3.65. The highest BCUT2D eigenvalue weighted by Gasteiger charge is 2.03. The zero-order valence-electron chi connectivity index (χ0n) is 8.65. The first-order chi connectivity index (χ1) is 7.22. The van der Waals surface area contributed by atoms with Crippen LogP contribution in [0.2, 0.25) is 0 Å². The Hall–Kier alpha value is -1.97. The SMILES string of the molecule is COc1ccc(-n2cc[nH]c2=O)cc1C. The van der Waals surface area contributed by atoms with E-state index in [0.717, 1.165) is 17.0 Å². The molecule has 0 aliphatic carbocycles. The molecule has 0 unspecified atom stereocenters. The summed E-state index contributed by atoms with van der Waals surface area (Å²) in [6.45, 7) is 1.94. The summed E-state index contributed by atoms with van der Waals surface area (Å²) in [5.41, 5.74) is 1.70. The van der Waals surface area contributed by atoms with E-state index in [2.05, 4.69) is 4.98 Å². The fraction of sp³-hybridized carbons (Fsp3) is 0.182. The van der Waals surface area contributed by atoms with Crippen molar-refractivity contribution in [3.8, 4) is 11.4 Å². The summed E-state index contributed by atoms with van der Waals surface area (Å²) in [6, 6.07) is 5.61. The molecular formula is C11H12N2O2. The monoisotopic (exact) mass is 204 g/mol. The molecule has 2 rings (SSSR count). The normalized spacial score (nSPS) is 10.3. The number of aromatic nitrogens is 2. The fourth-order valence-electron chi connectivity index (χ4n) is 1.54. The van der Waals surface area contributed by atoms with Crippen LogP contribution in [0.1, 0.15) is 5.56 Å². The lowest BCUT2D eigenvalue weighted by Gasteiger charge is -2.06. The second-order valence-electron chi connectivity index (χ2n) is 3.29. The highest BCUT2D eigenvalue weighted by Crippen LogP contribution is 2.19. The van der Waals surface area contributed by atoms with E-state index in [9.17, 15) is 4.79 Å². The zero-order chi connectivity index (χ0) is 10.8. The number of aromatic amines is 1. The standard InChI is InChI=1S/C11H12N2O2/c1-8-7-9(3-4-10(8)15-2)13-6-5-12-11(13)14/h3-7H,1-2H3,(H,12,14). The Morgan fingerprint density at radius 2 is 2.20 bits per heavy atom. The Morgan fingerprint density at radius 1 is 1.40 bits per heavy atom. The van der Waals surface area contributed by atoms with Crippen molar-refractivity contribution < 1.29 is 4.74 Å². The summed E-state index contributed by atoms with van der Waals surface area (Å²) in [6.07, 6.45) is 3.31. The van der Waals surface area contributed by atoms with Gasteiger partial charge in [-0.05, 0) is 30.7 Å². The largest absolute Gasteiger partial charge is 0.496 e. The van der Waals surface area contributed by atoms with Gasteiger partial charge in [0.2, 0.25) is 0 Å². The maximum atomic E-state index is 11.4. The lowest BCUT2D eigenvalue weighted by Crippen LogP contribution is -2.13. The van der Waals surface area contributed by atoms with Gasteiger partial charge in [0.25, 0.3) is 0 Å². The van der Waals surface area contributed by atoms with Gasteiger partial charge in [-0.25, -0.2) is 4.79 Å². The van der Waals surface area contributed by atoms with Gasteiger partial charge in [0.15, 0.2) is 0 Å². The molecule has 0 bridgehead atoms. The van der Waals surface area contributed by atoms with Crippen LogP contribution in [0.25, 0.3) is 5.69 Å². The van der Waals surface area contributed by atoms with Crippen molar-refractivity contribution in [3.05, 3.63) is 46.6 Å². The van der Waals surface area contributed by atoms with Crippen molar-refractivity contribution in [1.29, 1.82) is 0 Å². The third-order valence-corrected chi connectivity index (χ3v) is 2.31. The number of nitrogens with zero attached hydrogens (tertiary/aromatic N) is 1. The van der Waals surface area contributed by atoms with E-state index in [0.29, 0.717) is 0 Å². The van der Waals surface area contributed by atoms with Gasteiger partial charge in [0.05, 0.1) is 12.8 Å². The van der Waals surface area contributed by atoms with E-state index in [1.54, 1.807) is 24.1 Å². The summed E-state index contributed by atoms with van der Waals surface area (Å²) in [4.78, 5) is 14.0. The van der Waals surface area contributed by atoms with Crippen molar-refractivity contribution in [2.75, 3.05) is 7.11 Å². The van der Waals surface area contributed by atoms with Crippen LogP contribution < -0.4 is 10.4 Å². The van der Waals surface area contributed by atoms with Crippen LogP contribution in [-0.2, 0) is 0 Å². The van der Waals surface area contributed by atoms with Crippen LogP contribution in [0.5, 0.6) is 5.75 Å². The second-order valence-corrected chi connectivity index (χ2v) is 3.29.